The average molecular weight is 639 g/mol. The van der Waals surface area contributed by atoms with E-state index in [0.29, 0.717) is 45.1 Å². The molecule has 46 heavy (non-hydrogen) atoms. The van der Waals surface area contributed by atoms with Crippen LogP contribution in [0.2, 0.25) is 0 Å². The normalized spacial score (nSPS) is 14.2. The molecule has 0 saturated heterocycles. The zero-order valence-corrected chi connectivity index (χ0v) is 25.8. The Labute approximate surface area is 264 Å². The number of hydrogen-bond acceptors (Lipinski definition) is 7. The number of halogens is 1. The minimum atomic E-state index is -3.46. The van der Waals surface area contributed by atoms with Crippen molar-refractivity contribution in [3.05, 3.63) is 78.5 Å². The lowest BCUT2D eigenvalue weighted by Gasteiger charge is -2.20. The molecule has 1 amide bonds. The first-order chi connectivity index (χ1) is 22.2. The Morgan fingerprint density at radius 2 is 1.80 bits per heavy atom. The molecule has 0 radical (unpaired) electrons. The molecule has 1 aliphatic carbocycles. The Morgan fingerprint density at radius 1 is 0.957 bits per heavy atom. The second kappa shape index (κ2) is 12.1. The van der Waals surface area contributed by atoms with Crippen molar-refractivity contribution in [3.8, 4) is 33.9 Å². The molecule has 0 bridgehead atoms. The quantitative estimate of drug-likeness (QED) is 0.161. The zero-order valence-electron chi connectivity index (χ0n) is 25.0. The van der Waals surface area contributed by atoms with Gasteiger partial charge in [0.1, 0.15) is 17.0 Å². The molecule has 6 aromatic rings. The number of imidazole rings is 1. The minimum absolute atomic E-state index is 0.0432. The number of H-pyrrole nitrogens is 2. The van der Waals surface area contributed by atoms with Gasteiger partial charge in [0.15, 0.2) is 5.82 Å². The van der Waals surface area contributed by atoms with Crippen molar-refractivity contribution in [2.45, 2.75) is 38.6 Å². The number of sulfonamides is 1. The molecule has 0 aliphatic heterocycles. The molecule has 1 aliphatic rings. The highest BCUT2D eigenvalue weighted by Gasteiger charge is 2.22. The summed E-state index contributed by atoms with van der Waals surface area (Å²) in [5.74, 6) is 0.0663. The van der Waals surface area contributed by atoms with E-state index < -0.39 is 15.8 Å². The molecule has 1 saturated carbocycles. The molecule has 2 aromatic carbocycles. The third kappa shape index (κ3) is 6.24. The summed E-state index contributed by atoms with van der Waals surface area (Å²) in [7, 11) is -3.46. The van der Waals surface area contributed by atoms with Crippen molar-refractivity contribution in [1.29, 1.82) is 0 Å². The van der Waals surface area contributed by atoms with Crippen LogP contribution in [0.5, 0.6) is 0 Å². The molecule has 4 N–H and O–H groups in total. The monoisotopic (exact) mass is 638 g/mol. The van der Waals surface area contributed by atoms with Crippen molar-refractivity contribution in [1.82, 2.24) is 34.9 Å². The number of fused-ring (bicyclic) bond motifs is 2. The Kier molecular flexibility index (Phi) is 7.79. The number of nitrogens with one attached hydrogen (secondary N) is 4. The van der Waals surface area contributed by atoms with Gasteiger partial charge in [-0.25, -0.2) is 22.5 Å². The van der Waals surface area contributed by atoms with Crippen LogP contribution < -0.4 is 10.0 Å². The van der Waals surface area contributed by atoms with E-state index in [1.165, 1.54) is 18.6 Å². The van der Waals surface area contributed by atoms with Crippen LogP contribution in [-0.2, 0) is 21.4 Å². The third-order valence-electron chi connectivity index (χ3n) is 8.27. The topological polar surface area (TPSA) is 158 Å². The molecule has 0 unspecified atom stereocenters. The Bertz CT molecular complexity index is 2210. The van der Waals surface area contributed by atoms with Crippen molar-refractivity contribution < 1.29 is 17.6 Å². The number of rotatable bonds is 8. The first kappa shape index (κ1) is 29.7. The van der Waals surface area contributed by atoms with Crippen LogP contribution >= 0.6 is 0 Å². The number of carbonyl (C=O) groups excluding carboxylic acids is 1. The van der Waals surface area contributed by atoms with Gasteiger partial charge in [-0.2, -0.15) is 5.10 Å². The fraction of sp³-hybridized carbons (Fsp3) is 0.242. The Morgan fingerprint density at radius 3 is 2.63 bits per heavy atom. The van der Waals surface area contributed by atoms with E-state index in [4.69, 9.17) is 4.98 Å². The minimum Gasteiger partial charge on any atom is -0.336 e. The lowest BCUT2D eigenvalue weighted by Crippen LogP contribution is -2.24. The van der Waals surface area contributed by atoms with Crippen LogP contribution in [0.4, 0.5) is 10.1 Å². The smallest absolute Gasteiger partial charge is 0.227 e. The summed E-state index contributed by atoms with van der Waals surface area (Å²) in [5, 5.41) is 11.5. The lowest BCUT2D eigenvalue weighted by molar-refractivity contribution is -0.120. The zero-order chi connectivity index (χ0) is 31.8. The number of aromatic amines is 2. The summed E-state index contributed by atoms with van der Waals surface area (Å²) in [6.45, 7) is -0.0572. The number of nitrogens with zero attached hydrogens (tertiary/aromatic N) is 4. The van der Waals surface area contributed by atoms with E-state index in [9.17, 15) is 17.6 Å². The van der Waals surface area contributed by atoms with E-state index in [0.717, 1.165) is 54.0 Å². The van der Waals surface area contributed by atoms with Gasteiger partial charge in [-0.05, 0) is 66.4 Å². The van der Waals surface area contributed by atoms with E-state index in [-0.39, 0.29) is 18.4 Å². The van der Waals surface area contributed by atoms with Gasteiger partial charge in [0, 0.05) is 41.4 Å². The number of pyridine rings is 2. The maximum atomic E-state index is 14.6. The van der Waals surface area contributed by atoms with E-state index in [2.05, 4.69) is 35.2 Å². The molecule has 0 atom stereocenters. The number of aromatic nitrogens is 6. The molecule has 4 aromatic heterocycles. The number of benzene rings is 2. The van der Waals surface area contributed by atoms with Gasteiger partial charge in [-0.3, -0.25) is 19.9 Å². The Balaban J connectivity index is 1.21. The summed E-state index contributed by atoms with van der Waals surface area (Å²) < 4.78 is 40.2. The fourth-order valence-corrected chi connectivity index (χ4v) is 6.44. The molecule has 11 nitrogen and oxygen atoms in total. The number of anilines is 1. The van der Waals surface area contributed by atoms with Gasteiger partial charge in [0.05, 0.1) is 34.9 Å². The predicted molar refractivity (Wildman–Crippen MR) is 174 cm³/mol. The van der Waals surface area contributed by atoms with Crippen molar-refractivity contribution in [3.63, 3.8) is 0 Å². The van der Waals surface area contributed by atoms with Gasteiger partial charge >= 0.3 is 0 Å². The Hall–Kier alpha value is -5.01. The third-order valence-corrected chi connectivity index (χ3v) is 8.94. The number of amides is 1. The summed E-state index contributed by atoms with van der Waals surface area (Å²) in [6, 6.07) is 13.9. The van der Waals surface area contributed by atoms with Gasteiger partial charge in [0.25, 0.3) is 0 Å². The van der Waals surface area contributed by atoms with Crippen molar-refractivity contribution in [2.24, 2.45) is 5.92 Å². The average Bonchev–Trinajstić information content (AvgIpc) is 3.68. The SMILES string of the molecule is CS(=O)(=O)NCc1cc(F)cc(-c2nccc3[nH]c(-c4n[nH]c5ccc(-c6cncc(NC(=O)C7CCCCC7)c6)cc45)nc23)c1. The van der Waals surface area contributed by atoms with Crippen LogP contribution in [-0.4, -0.2) is 50.7 Å². The number of carbonyl (C=O) groups is 1. The van der Waals surface area contributed by atoms with Crippen molar-refractivity contribution >= 4 is 43.6 Å². The second-order valence-corrected chi connectivity index (χ2v) is 13.5. The molecular weight excluding hydrogens is 607 g/mol. The van der Waals surface area contributed by atoms with Gasteiger partial charge in [-0.15, -0.1) is 0 Å². The molecule has 13 heteroatoms. The first-order valence-electron chi connectivity index (χ1n) is 15.0. The maximum Gasteiger partial charge on any atom is 0.227 e. The van der Waals surface area contributed by atoms with Crippen LogP contribution in [0.3, 0.4) is 0 Å². The molecule has 1 fully saturated rings. The highest BCUT2D eigenvalue weighted by atomic mass is 32.2. The van der Waals surface area contributed by atoms with Crippen LogP contribution in [0.15, 0.2) is 67.1 Å². The lowest BCUT2D eigenvalue weighted by atomic mass is 9.88. The van der Waals surface area contributed by atoms with Crippen LogP contribution in [0.25, 0.3) is 55.8 Å². The van der Waals surface area contributed by atoms with Crippen LogP contribution in [0, 0.1) is 11.7 Å². The van der Waals surface area contributed by atoms with E-state index in [1.807, 2.05) is 24.3 Å². The predicted octanol–water partition coefficient (Wildman–Crippen LogP) is 5.94. The first-order valence-corrected chi connectivity index (χ1v) is 16.9. The van der Waals surface area contributed by atoms with Crippen molar-refractivity contribution in [2.75, 3.05) is 11.6 Å². The van der Waals surface area contributed by atoms with E-state index >= 15 is 0 Å². The maximum absolute atomic E-state index is 14.6. The molecule has 0 spiro atoms. The summed E-state index contributed by atoms with van der Waals surface area (Å²) >= 11 is 0. The highest BCUT2D eigenvalue weighted by Crippen LogP contribution is 2.33. The summed E-state index contributed by atoms with van der Waals surface area (Å²) in [5.41, 5.74) is 6.35. The molecular formula is C33H31FN8O3S. The largest absolute Gasteiger partial charge is 0.336 e. The molecule has 4 heterocycles. The highest BCUT2D eigenvalue weighted by molar-refractivity contribution is 7.88. The number of hydrogen-bond donors (Lipinski definition) is 4. The fourth-order valence-electron chi connectivity index (χ4n) is 6.01. The summed E-state index contributed by atoms with van der Waals surface area (Å²) in [6.07, 6.45) is 11.3. The molecule has 234 valence electrons. The van der Waals surface area contributed by atoms with Gasteiger partial charge in [0.2, 0.25) is 15.9 Å². The van der Waals surface area contributed by atoms with Gasteiger partial charge < -0.3 is 10.3 Å². The van der Waals surface area contributed by atoms with E-state index in [1.54, 1.807) is 30.7 Å². The second-order valence-electron chi connectivity index (χ2n) is 11.7. The molecule has 7 rings (SSSR count). The summed E-state index contributed by atoms with van der Waals surface area (Å²) in [4.78, 5) is 29.8. The standard InChI is InChI=1S/C33H31FN8O3S/c1-46(44,45)37-16-19-11-22(13-24(34)12-19)29-31-28(9-10-36-29)39-32(40-31)30-26-15-21(7-8-27(26)41-42-30)23-14-25(18-35-17-23)38-33(43)20-5-3-2-4-6-20/h7-15,17-18,20,37H,2-6,16H2,1H3,(H,38,43)(H,39,40)(H,41,42). The van der Waals surface area contributed by atoms with Crippen LogP contribution in [0.1, 0.15) is 37.7 Å². The van der Waals surface area contributed by atoms with Gasteiger partial charge in [-0.1, -0.05) is 25.3 Å².